The van der Waals surface area contributed by atoms with Gasteiger partial charge in [-0.05, 0) is 78.8 Å². The number of amides is 3. The van der Waals surface area contributed by atoms with E-state index in [1.165, 1.54) is 0 Å². The third kappa shape index (κ3) is 8.78. The first-order chi connectivity index (χ1) is 18.0. The minimum atomic E-state index is -0.668. The number of rotatable bonds is 9. The molecule has 0 saturated carbocycles. The van der Waals surface area contributed by atoms with Crippen LogP contribution in [0.2, 0.25) is 0 Å². The van der Waals surface area contributed by atoms with Crippen LogP contribution in [-0.2, 0) is 23.9 Å². The Labute approximate surface area is 235 Å². The predicted octanol–water partition coefficient (Wildman–Crippen LogP) is 3.37. The van der Waals surface area contributed by atoms with Gasteiger partial charge in [-0.3, -0.25) is 19.3 Å². The van der Waals surface area contributed by atoms with Crippen LogP contribution in [-0.4, -0.2) is 95.3 Å². The molecule has 0 aromatic carbocycles. The number of nitrogens with zero attached hydrogens (tertiary/aromatic N) is 3. The van der Waals surface area contributed by atoms with Crippen LogP contribution in [0.5, 0.6) is 0 Å². The maximum absolute atomic E-state index is 13.7. The highest BCUT2D eigenvalue weighted by molar-refractivity contribution is 5.96. The number of piperidine rings is 1. The van der Waals surface area contributed by atoms with Crippen molar-refractivity contribution in [3.05, 3.63) is 11.6 Å². The van der Waals surface area contributed by atoms with Crippen LogP contribution < -0.4 is 5.32 Å². The van der Waals surface area contributed by atoms with E-state index in [1.807, 2.05) is 61.6 Å². The largest absolute Gasteiger partial charge is 0.458 e. The Morgan fingerprint density at radius 1 is 0.949 bits per heavy atom. The number of likely N-dealkylation sites (N-methyl/N-ethyl adjacent to an activating group) is 2. The molecule has 2 aliphatic heterocycles. The lowest BCUT2D eigenvalue weighted by molar-refractivity contribution is -0.162. The van der Waals surface area contributed by atoms with Crippen LogP contribution in [0, 0.1) is 11.8 Å². The van der Waals surface area contributed by atoms with Gasteiger partial charge in [-0.1, -0.05) is 40.2 Å². The fourth-order valence-electron chi connectivity index (χ4n) is 5.47. The van der Waals surface area contributed by atoms with Crippen LogP contribution >= 0.6 is 0 Å². The van der Waals surface area contributed by atoms with Gasteiger partial charge in [-0.2, -0.15) is 0 Å². The van der Waals surface area contributed by atoms with Crippen LogP contribution in [0.25, 0.3) is 0 Å². The Kier molecular flexibility index (Phi) is 11.6. The summed E-state index contributed by atoms with van der Waals surface area (Å²) in [6, 6.07) is -1.86. The average molecular weight is 549 g/mol. The number of likely N-dealkylation sites (tertiary alicyclic amines) is 2. The molecule has 9 heteroatoms. The van der Waals surface area contributed by atoms with Gasteiger partial charge in [0.15, 0.2) is 0 Å². The van der Waals surface area contributed by atoms with Gasteiger partial charge in [0.25, 0.3) is 0 Å². The second kappa shape index (κ2) is 13.8. The summed E-state index contributed by atoms with van der Waals surface area (Å²) < 4.78 is 5.56. The van der Waals surface area contributed by atoms with Gasteiger partial charge in [0.1, 0.15) is 17.7 Å². The first-order valence-electron chi connectivity index (χ1n) is 14.5. The quantitative estimate of drug-likeness (QED) is 0.350. The highest BCUT2D eigenvalue weighted by Gasteiger charge is 2.38. The molecule has 0 radical (unpaired) electrons. The monoisotopic (exact) mass is 548 g/mol. The van der Waals surface area contributed by atoms with E-state index >= 15 is 0 Å². The summed E-state index contributed by atoms with van der Waals surface area (Å²) in [7, 11) is 3.68. The summed E-state index contributed by atoms with van der Waals surface area (Å²) >= 11 is 0. The van der Waals surface area contributed by atoms with E-state index in [0.29, 0.717) is 18.5 Å². The Morgan fingerprint density at radius 3 is 2.10 bits per heavy atom. The Hall–Kier alpha value is -2.42. The summed E-state index contributed by atoms with van der Waals surface area (Å²) in [5.41, 5.74) is -0.141. The molecule has 4 atom stereocenters. The minimum Gasteiger partial charge on any atom is -0.458 e. The molecule has 1 N–H and O–H groups in total. The van der Waals surface area contributed by atoms with Crippen LogP contribution in [0.15, 0.2) is 11.6 Å². The molecular weight excluding hydrogens is 496 g/mol. The average Bonchev–Trinajstić information content (AvgIpc) is 3.33. The zero-order valence-electron chi connectivity index (χ0n) is 25.9. The highest BCUT2D eigenvalue weighted by atomic mass is 16.6. The van der Waals surface area contributed by atoms with Crippen LogP contribution in [0.1, 0.15) is 87.5 Å². The van der Waals surface area contributed by atoms with Gasteiger partial charge < -0.3 is 19.9 Å². The molecule has 0 aromatic rings. The van der Waals surface area contributed by atoms with Crippen molar-refractivity contribution in [2.45, 2.75) is 117 Å². The molecule has 2 fully saturated rings. The van der Waals surface area contributed by atoms with E-state index in [0.717, 1.165) is 32.2 Å². The van der Waals surface area contributed by atoms with Crippen molar-refractivity contribution in [3.63, 3.8) is 0 Å². The third-order valence-electron chi connectivity index (χ3n) is 7.73. The van der Waals surface area contributed by atoms with E-state index in [2.05, 4.69) is 10.2 Å². The van der Waals surface area contributed by atoms with Gasteiger partial charge >= 0.3 is 5.97 Å². The number of nitrogens with one attached hydrogen (secondary N) is 1. The zero-order valence-corrected chi connectivity index (χ0v) is 25.9. The molecular formula is C30H52N4O5. The zero-order chi connectivity index (χ0) is 29.7. The molecule has 39 heavy (non-hydrogen) atoms. The van der Waals surface area contributed by atoms with Crippen LogP contribution in [0.3, 0.4) is 0 Å². The van der Waals surface area contributed by atoms with E-state index in [4.69, 9.17) is 4.74 Å². The number of ether oxygens (including phenoxy) is 1. The molecule has 9 nitrogen and oxygen atoms in total. The molecule has 0 aliphatic carbocycles. The lowest BCUT2D eigenvalue weighted by Gasteiger charge is -2.36. The molecule has 222 valence electrons. The van der Waals surface area contributed by atoms with Crippen molar-refractivity contribution in [1.29, 1.82) is 0 Å². The van der Waals surface area contributed by atoms with E-state index in [9.17, 15) is 19.2 Å². The van der Waals surface area contributed by atoms with E-state index < -0.39 is 17.7 Å². The number of esters is 1. The molecule has 2 rings (SSSR count). The Bertz CT molecular complexity index is 923. The van der Waals surface area contributed by atoms with Crippen LogP contribution in [0.4, 0.5) is 0 Å². The summed E-state index contributed by atoms with van der Waals surface area (Å²) in [4.78, 5) is 58.4. The van der Waals surface area contributed by atoms with Crippen molar-refractivity contribution in [2.24, 2.45) is 11.8 Å². The smallest absolute Gasteiger partial charge is 0.329 e. The standard InChI is InChI=1S/C30H52N4O5/c1-19(2)24(18-21(5)27(36)34-17-13-15-23(34)29(38)39-30(6,7)8)33(10)28(37)25(20(3)4)31-26(35)22-14-11-12-16-32(22)9/h18-20,22-25H,11-17H2,1-10H3,(H,31,35)/b21-18+/t22?,23-,24+,25-/m0/s1. The Balaban J connectivity index is 2.20. The fourth-order valence-corrected chi connectivity index (χ4v) is 5.47. The molecule has 0 spiro atoms. The summed E-state index contributed by atoms with van der Waals surface area (Å²) in [5, 5.41) is 3.03. The highest BCUT2D eigenvalue weighted by Crippen LogP contribution is 2.24. The number of hydrogen-bond donors (Lipinski definition) is 1. The maximum atomic E-state index is 13.7. The van der Waals surface area contributed by atoms with Crippen molar-refractivity contribution < 1.29 is 23.9 Å². The molecule has 2 aliphatic rings. The number of hydrogen-bond acceptors (Lipinski definition) is 6. The van der Waals surface area contributed by atoms with Gasteiger partial charge in [0.05, 0.1) is 12.1 Å². The van der Waals surface area contributed by atoms with Gasteiger partial charge in [0, 0.05) is 19.2 Å². The van der Waals surface area contributed by atoms with Crippen molar-refractivity contribution >= 4 is 23.7 Å². The normalized spacial score (nSPS) is 22.6. The molecule has 1 unspecified atom stereocenters. The molecule has 2 heterocycles. The predicted molar refractivity (Wildman–Crippen MR) is 153 cm³/mol. The lowest BCUT2D eigenvalue weighted by Crippen LogP contribution is -2.57. The number of carbonyl (C=O) groups excluding carboxylic acids is 4. The second-order valence-corrected chi connectivity index (χ2v) is 12.9. The van der Waals surface area contributed by atoms with Gasteiger partial charge in [0.2, 0.25) is 17.7 Å². The fraction of sp³-hybridized carbons (Fsp3) is 0.800. The van der Waals surface area contributed by atoms with Crippen molar-refractivity contribution in [3.8, 4) is 0 Å². The first-order valence-corrected chi connectivity index (χ1v) is 14.5. The molecule has 0 bridgehead atoms. The summed E-state index contributed by atoms with van der Waals surface area (Å²) in [6.07, 6.45) is 6.00. The van der Waals surface area contributed by atoms with Gasteiger partial charge in [-0.25, -0.2) is 4.79 Å². The summed E-state index contributed by atoms with van der Waals surface area (Å²) in [5.74, 6) is -0.967. The second-order valence-electron chi connectivity index (χ2n) is 12.9. The van der Waals surface area contributed by atoms with E-state index in [1.54, 1.807) is 23.8 Å². The summed E-state index contributed by atoms with van der Waals surface area (Å²) in [6.45, 7) is 16.4. The lowest BCUT2D eigenvalue weighted by atomic mass is 9.96. The van der Waals surface area contributed by atoms with Gasteiger partial charge in [-0.15, -0.1) is 0 Å². The van der Waals surface area contributed by atoms with Crippen molar-refractivity contribution in [1.82, 2.24) is 20.0 Å². The third-order valence-corrected chi connectivity index (χ3v) is 7.73. The minimum absolute atomic E-state index is 0.0231. The topological polar surface area (TPSA) is 99.3 Å². The molecule has 3 amide bonds. The Morgan fingerprint density at radius 2 is 1.56 bits per heavy atom. The van der Waals surface area contributed by atoms with E-state index in [-0.39, 0.29) is 47.6 Å². The molecule has 2 saturated heterocycles. The molecule has 0 aromatic heterocycles. The maximum Gasteiger partial charge on any atom is 0.329 e. The SMILES string of the molecule is C/C(=C\[C@H](C(C)C)N(C)C(=O)[C@@H](NC(=O)C1CCCCN1C)C(C)C)C(=O)N1CCC[C@H]1C(=O)OC(C)(C)C. The first kappa shape index (κ1) is 32.8. The van der Waals surface area contributed by atoms with Crippen molar-refractivity contribution in [2.75, 3.05) is 27.2 Å². The number of carbonyl (C=O) groups is 4.